The fraction of sp³-hybridized carbons (Fsp3) is 0.720. The Balaban J connectivity index is 1.75. The molecule has 0 spiro atoms. The lowest BCUT2D eigenvalue weighted by Gasteiger charge is -2.61. The summed E-state index contributed by atoms with van der Waals surface area (Å²) in [7, 11) is 1.37. The second-order valence-corrected chi connectivity index (χ2v) is 10.1. The van der Waals surface area contributed by atoms with Gasteiger partial charge in [0.2, 0.25) is 0 Å². The van der Waals surface area contributed by atoms with Gasteiger partial charge in [0.15, 0.2) is 12.1 Å². The van der Waals surface area contributed by atoms with E-state index in [1.807, 2.05) is 20.8 Å². The summed E-state index contributed by atoms with van der Waals surface area (Å²) in [6.07, 6.45) is 3.03. The van der Waals surface area contributed by atoms with Gasteiger partial charge in [-0.15, -0.1) is 0 Å². The number of furan rings is 1. The largest absolute Gasteiger partial charge is 0.472 e. The number of cyclic esters (lactones) is 1. The molecule has 0 N–H and O–H groups in total. The Hall–Kier alpha value is -2.19. The topological polar surface area (TPSA) is 101 Å². The fourth-order valence-electron chi connectivity index (χ4n) is 6.78. The van der Waals surface area contributed by atoms with Crippen molar-refractivity contribution < 1.29 is 37.7 Å². The predicted octanol–water partition coefficient (Wildman–Crippen LogP) is 3.84. The SMILES string of the molecule is CCOC(C)OC1CC(C(=O)OC)C2(C)CCC3C(=O)OC(c4ccoc4)CC3(C)C2C1=O. The summed E-state index contributed by atoms with van der Waals surface area (Å²) in [6, 6.07) is 1.78. The van der Waals surface area contributed by atoms with Crippen LogP contribution < -0.4 is 0 Å². The molecule has 1 aliphatic heterocycles. The van der Waals surface area contributed by atoms with Gasteiger partial charge in [0.25, 0.3) is 0 Å². The molecule has 2 saturated carbocycles. The van der Waals surface area contributed by atoms with Gasteiger partial charge in [-0.3, -0.25) is 14.4 Å². The van der Waals surface area contributed by atoms with Crippen molar-refractivity contribution in [1.29, 1.82) is 0 Å². The van der Waals surface area contributed by atoms with E-state index in [9.17, 15) is 14.4 Å². The number of Topliss-reactive ketones (excluding diaryl/α,β-unsaturated/α-hetero) is 1. The highest BCUT2D eigenvalue weighted by Gasteiger charge is 2.67. The van der Waals surface area contributed by atoms with E-state index < -0.39 is 47.1 Å². The lowest BCUT2D eigenvalue weighted by Crippen LogP contribution is -2.64. The van der Waals surface area contributed by atoms with Crippen molar-refractivity contribution in [2.75, 3.05) is 13.7 Å². The van der Waals surface area contributed by atoms with Crippen molar-refractivity contribution >= 4 is 17.7 Å². The monoisotopic (exact) mass is 462 g/mol. The Morgan fingerprint density at radius 1 is 1.27 bits per heavy atom. The molecule has 0 radical (unpaired) electrons. The smallest absolute Gasteiger partial charge is 0.310 e. The van der Waals surface area contributed by atoms with Gasteiger partial charge in [0.1, 0.15) is 12.2 Å². The zero-order chi connectivity index (χ0) is 24.0. The number of carbonyl (C=O) groups excluding carboxylic acids is 3. The Morgan fingerprint density at radius 2 is 2.03 bits per heavy atom. The summed E-state index contributed by atoms with van der Waals surface area (Å²) in [5.74, 6) is -2.24. The number of carbonyl (C=O) groups is 3. The molecule has 1 aromatic rings. The third-order valence-corrected chi connectivity index (χ3v) is 8.26. The first-order chi connectivity index (χ1) is 15.7. The van der Waals surface area contributed by atoms with Crippen LogP contribution in [0.4, 0.5) is 0 Å². The van der Waals surface area contributed by atoms with Crippen LogP contribution in [0.15, 0.2) is 23.0 Å². The van der Waals surface area contributed by atoms with Crippen LogP contribution in [-0.4, -0.2) is 43.8 Å². The minimum atomic E-state index is -0.811. The number of hydrogen-bond acceptors (Lipinski definition) is 8. The van der Waals surface area contributed by atoms with Crippen molar-refractivity contribution in [3.8, 4) is 0 Å². The first-order valence-corrected chi connectivity index (χ1v) is 11.8. The lowest BCUT2D eigenvalue weighted by molar-refractivity contribution is -0.222. The van der Waals surface area contributed by atoms with E-state index in [0.717, 1.165) is 5.56 Å². The summed E-state index contributed by atoms with van der Waals surface area (Å²) in [4.78, 5) is 40.1. The number of methoxy groups -OCH3 is 1. The van der Waals surface area contributed by atoms with Crippen LogP contribution in [0.25, 0.3) is 0 Å². The molecule has 8 heteroatoms. The van der Waals surface area contributed by atoms with Crippen LogP contribution in [0, 0.1) is 28.6 Å². The van der Waals surface area contributed by atoms with Crippen molar-refractivity contribution in [1.82, 2.24) is 0 Å². The third kappa shape index (κ3) is 3.91. The van der Waals surface area contributed by atoms with Gasteiger partial charge < -0.3 is 23.4 Å². The summed E-state index contributed by atoms with van der Waals surface area (Å²) < 4.78 is 27.7. The molecule has 3 aliphatic rings. The zero-order valence-corrected chi connectivity index (χ0v) is 20.0. The van der Waals surface area contributed by atoms with Gasteiger partial charge in [-0.1, -0.05) is 13.8 Å². The molecule has 2 aliphatic carbocycles. The molecule has 3 fully saturated rings. The molecule has 2 heterocycles. The van der Waals surface area contributed by atoms with Crippen LogP contribution in [0.1, 0.15) is 65.0 Å². The predicted molar refractivity (Wildman–Crippen MR) is 116 cm³/mol. The van der Waals surface area contributed by atoms with E-state index in [4.69, 9.17) is 23.4 Å². The number of ether oxygens (including phenoxy) is 4. The third-order valence-electron chi connectivity index (χ3n) is 8.26. The molecule has 1 saturated heterocycles. The zero-order valence-electron chi connectivity index (χ0n) is 20.0. The number of ketones is 1. The van der Waals surface area contributed by atoms with Crippen molar-refractivity contribution in [2.24, 2.45) is 28.6 Å². The quantitative estimate of drug-likeness (QED) is 0.464. The normalized spacial score (nSPS) is 39.2. The van der Waals surface area contributed by atoms with Gasteiger partial charge in [-0.2, -0.15) is 0 Å². The van der Waals surface area contributed by atoms with Crippen LogP contribution >= 0.6 is 0 Å². The second-order valence-electron chi connectivity index (χ2n) is 10.1. The molecule has 8 nitrogen and oxygen atoms in total. The van der Waals surface area contributed by atoms with Gasteiger partial charge in [-0.25, -0.2) is 0 Å². The van der Waals surface area contributed by atoms with Crippen molar-refractivity contribution in [3.05, 3.63) is 24.2 Å². The Labute approximate surface area is 194 Å². The van der Waals surface area contributed by atoms with E-state index in [2.05, 4.69) is 0 Å². The molecule has 33 heavy (non-hydrogen) atoms. The van der Waals surface area contributed by atoms with E-state index in [-0.39, 0.29) is 24.1 Å². The standard InChI is InChI=1S/C25H34O8/c1-6-31-14(2)32-18-11-17(22(27)29-5)24(3)9-7-16-23(28)33-19(15-8-10-30-13-15)12-25(16,4)21(24)20(18)26/h8,10,13-14,16-19,21H,6-7,9,11-12H2,1-5H3. The number of esters is 2. The maximum Gasteiger partial charge on any atom is 0.310 e. The van der Waals surface area contributed by atoms with Crippen LogP contribution in [0.3, 0.4) is 0 Å². The summed E-state index contributed by atoms with van der Waals surface area (Å²) in [5, 5.41) is 0. The minimum Gasteiger partial charge on any atom is -0.472 e. The Morgan fingerprint density at radius 3 is 2.67 bits per heavy atom. The maximum atomic E-state index is 14.0. The Kier molecular flexibility index (Phi) is 6.44. The molecule has 8 unspecified atom stereocenters. The lowest BCUT2D eigenvalue weighted by atomic mass is 9.43. The number of rotatable bonds is 6. The van der Waals surface area contributed by atoms with Crippen molar-refractivity contribution in [2.45, 2.75) is 71.9 Å². The second kappa shape index (κ2) is 8.87. The van der Waals surface area contributed by atoms with Crippen LogP contribution in [0.5, 0.6) is 0 Å². The molecule has 0 bridgehead atoms. The molecule has 182 valence electrons. The van der Waals surface area contributed by atoms with Gasteiger partial charge in [0.05, 0.1) is 31.5 Å². The summed E-state index contributed by atoms with van der Waals surface area (Å²) in [6.45, 7) is 8.03. The first kappa shape index (κ1) is 24.0. The molecule has 8 atom stereocenters. The van der Waals surface area contributed by atoms with E-state index in [1.165, 1.54) is 7.11 Å². The molecule has 4 rings (SSSR count). The molecule has 1 aromatic heterocycles. The average molecular weight is 463 g/mol. The molecular formula is C25H34O8. The molecular weight excluding hydrogens is 428 g/mol. The van der Waals surface area contributed by atoms with Crippen LogP contribution in [0.2, 0.25) is 0 Å². The summed E-state index contributed by atoms with van der Waals surface area (Å²) >= 11 is 0. The van der Waals surface area contributed by atoms with E-state index in [0.29, 0.717) is 25.9 Å². The average Bonchev–Trinajstić information content (AvgIpc) is 3.29. The van der Waals surface area contributed by atoms with Crippen molar-refractivity contribution in [3.63, 3.8) is 0 Å². The summed E-state index contributed by atoms with van der Waals surface area (Å²) in [5.41, 5.74) is -0.589. The highest BCUT2D eigenvalue weighted by Crippen LogP contribution is 2.65. The maximum absolute atomic E-state index is 14.0. The van der Waals surface area contributed by atoms with E-state index >= 15 is 0 Å². The number of hydrogen-bond donors (Lipinski definition) is 0. The van der Waals surface area contributed by atoms with E-state index in [1.54, 1.807) is 25.5 Å². The minimum absolute atomic E-state index is 0.0722. The highest BCUT2D eigenvalue weighted by molar-refractivity contribution is 5.92. The molecule has 0 amide bonds. The van der Waals surface area contributed by atoms with Gasteiger partial charge >= 0.3 is 11.9 Å². The number of fused-ring (bicyclic) bond motifs is 3. The first-order valence-electron chi connectivity index (χ1n) is 11.8. The fourth-order valence-corrected chi connectivity index (χ4v) is 6.78. The Bertz CT molecular complexity index is 894. The van der Waals surface area contributed by atoms with Gasteiger partial charge in [-0.05, 0) is 56.4 Å². The van der Waals surface area contributed by atoms with Crippen LogP contribution in [-0.2, 0) is 33.3 Å². The van der Waals surface area contributed by atoms with Gasteiger partial charge in [0, 0.05) is 18.1 Å². The molecule has 0 aromatic carbocycles. The highest BCUT2D eigenvalue weighted by atomic mass is 16.7.